The van der Waals surface area contributed by atoms with Crippen LogP contribution in [0.2, 0.25) is 0 Å². The SMILES string of the molecule is CCCCCCCCC[NH3+].[OH-]. The average molecular weight is 161 g/mol. The molecule has 2 nitrogen and oxygen atoms in total. The molecule has 0 amide bonds. The number of rotatable bonds is 7. The summed E-state index contributed by atoms with van der Waals surface area (Å²) < 4.78 is 0. The van der Waals surface area contributed by atoms with Crippen molar-refractivity contribution in [3.63, 3.8) is 0 Å². The van der Waals surface area contributed by atoms with E-state index in [2.05, 4.69) is 12.7 Å². The first-order valence-corrected chi connectivity index (χ1v) is 4.71. The monoisotopic (exact) mass is 161 g/mol. The molecule has 0 spiro atoms. The van der Waals surface area contributed by atoms with Gasteiger partial charge in [0.1, 0.15) is 0 Å². The molecule has 2 heteroatoms. The van der Waals surface area contributed by atoms with Crippen molar-refractivity contribution in [2.45, 2.75) is 51.9 Å². The normalized spacial score (nSPS) is 9.27. The highest BCUT2D eigenvalue weighted by Gasteiger charge is 1.88. The predicted molar refractivity (Wildman–Crippen MR) is 47.7 cm³/mol. The van der Waals surface area contributed by atoms with Crippen LogP contribution in [0.5, 0.6) is 0 Å². The van der Waals surface area contributed by atoms with Gasteiger partial charge in [-0.3, -0.25) is 0 Å². The molecule has 0 saturated heterocycles. The van der Waals surface area contributed by atoms with Crippen molar-refractivity contribution in [2.75, 3.05) is 6.54 Å². The molecule has 0 fully saturated rings. The van der Waals surface area contributed by atoms with Crippen LogP contribution < -0.4 is 5.73 Å². The summed E-state index contributed by atoms with van der Waals surface area (Å²) in [6, 6.07) is 0. The molecule has 0 heterocycles. The molecule has 0 aromatic heterocycles. The van der Waals surface area contributed by atoms with Gasteiger partial charge in [0, 0.05) is 0 Å². The van der Waals surface area contributed by atoms with Crippen molar-refractivity contribution >= 4 is 0 Å². The summed E-state index contributed by atoms with van der Waals surface area (Å²) in [5.41, 5.74) is 3.82. The molecule has 0 bridgehead atoms. The fourth-order valence-corrected chi connectivity index (χ4v) is 1.13. The lowest BCUT2D eigenvalue weighted by Crippen LogP contribution is -2.50. The summed E-state index contributed by atoms with van der Waals surface area (Å²) in [6.45, 7) is 3.38. The average Bonchev–Trinajstić information content (AvgIpc) is 1.97. The van der Waals surface area contributed by atoms with Gasteiger partial charge in [0.15, 0.2) is 0 Å². The van der Waals surface area contributed by atoms with Crippen LogP contribution in [0.1, 0.15) is 51.9 Å². The summed E-state index contributed by atoms with van der Waals surface area (Å²) >= 11 is 0. The van der Waals surface area contributed by atoms with Crippen LogP contribution >= 0.6 is 0 Å². The Morgan fingerprint density at radius 1 is 0.818 bits per heavy atom. The van der Waals surface area contributed by atoms with E-state index in [1.165, 1.54) is 44.9 Å². The van der Waals surface area contributed by atoms with Gasteiger partial charge in [-0.15, -0.1) is 0 Å². The van der Waals surface area contributed by atoms with E-state index in [0.29, 0.717) is 0 Å². The quantitative estimate of drug-likeness (QED) is 0.569. The van der Waals surface area contributed by atoms with Crippen LogP contribution in [0.4, 0.5) is 0 Å². The number of unbranched alkanes of at least 4 members (excludes halogenated alkanes) is 6. The Morgan fingerprint density at radius 2 is 1.27 bits per heavy atom. The van der Waals surface area contributed by atoms with E-state index in [1.54, 1.807) is 0 Å². The molecule has 70 valence electrons. The Labute approximate surface area is 70.5 Å². The Morgan fingerprint density at radius 3 is 1.73 bits per heavy atom. The van der Waals surface area contributed by atoms with Gasteiger partial charge in [-0.1, -0.05) is 39.0 Å². The van der Waals surface area contributed by atoms with Gasteiger partial charge in [-0.2, -0.15) is 0 Å². The Kier molecular flexibility index (Phi) is 15.4. The molecule has 0 saturated carbocycles. The van der Waals surface area contributed by atoms with Gasteiger partial charge >= 0.3 is 0 Å². The van der Waals surface area contributed by atoms with Crippen LogP contribution in [0, 0.1) is 0 Å². The first-order chi connectivity index (χ1) is 4.91. The molecular formula is C9H23NO. The van der Waals surface area contributed by atoms with E-state index in [1.807, 2.05) is 0 Å². The van der Waals surface area contributed by atoms with Crippen molar-refractivity contribution in [2.24, 2.45) is 0 Å². The summed E-state index contributed by atoms with van der Waals surface area (Å²) in [7, 11) is 0. The molecule has 0 radical (unpaired) electrons. The van der Waals surface area contributed by atoms with Gasteiger partial charge in [-0.25, -0.2) is 0 Å². The standard InChI is InChI=1S/C9H21N.H2O/c1-2-3-4-5-6-7-8-9-10;/h2-10H2,1H3;1H2. The third-order valence-corrected chi connectivity index (χ3v) is 1.85. The highest BCUT2D eigenvalue weighted by Crippen LogP contribution is 2.05. The molecule has 11 heavy (non-hydrogen) atoms. The molecule has 0 aliphatic carbocycles. The lowest BCUT2D eigenvalue weighted by Gasteiger charge is -1.96. The van der Waals surface area contributed by atoms with E-state index in [0.717, 1.165) is 6.54 Å². The minimum absolute atomic E-state index is 0. The number of quaternary nitrogens is 1. The van der Waals surface area contributed by atoms with Crippen molar-refractivity contribution < 1.29 is 11.2 Å². The van der Waals surface area contributed by atoms with E-state index in [4.69, 9.17) is 0 Å². The first kappa shape index (κ1) is 13.5. The summed E-state index contributed by atoms with van der Waals surface area (Å²) in [5.74, 6) is 0. The maximum absolute atomic E-state index is 3.82. The second-order valence-electron chi connectivity index (χ2n) is 2.97. The van der Waals surface area contributed by atoms with Crippen molar-refractivity contribution in [1.82, 2.24) is 0 Å². The van der Waals surface area contributed by atoms with Crippen LogP contribution in [0.15, 0.2) is 0 Å². The fraction of sp³-hybridized carbons (Fsp3) is 1.00. The van der Waals surface area contributed by atoms with Crippen LogP contribution in [-0.2, 0) is 0 Å². The zero-order chi connectivity index (χ0) is 7.66. The smallest absolute Gasteiger partial charge is 0.0739 e. The summed E-state index contributed by atoms with van der Waals surface area (Å²) in [4.78, 5) is 0. The minimum atomic E-state index is 0. The molecule has 4 N–H and O–H groups in total. The lowest BCUT2D eigenvalue weighted by atomic mass is 10.1. The molecule has 0 unspecified atom stereocenters. The fourth-order valence-electron chi connectivity index (χ4n) is 1.13. The van der Waals surface area contributed by atoms with Crippen LogP contribution in [0.3, 0.4) is 0 Å². The molecule has 0 aliphatic rings. The number of hydrogen-bond acceptors (Lipinski definition) is 1. The highest BCUT2D eigenvalue weighted by atomic mass is 16.0. The van der Waals surface area contributed by atoms with Crippen molar-refractivity contribution in [1.29, 1.82) is 0 Å². The largest absolute Gasteiger partial charge is 0.870 e. The Balaban J connectivity index is 0. The Hall–Kier alpha value is -0.0800. The zero-order valence-corrected chi connectivity index (χ0v) is 7.81. The topological polar surface area (TPSA) is 57.6 Å². The summed E-state index contributed by atoms with van der Waals surface area (Å²) in [6.07, 6.45) is 9.80. The lowest BCUT2D eigenvalue weighted by molar-refractivity contribution is -0.368. The maximum Gasteiger partial charge on any atom is 0.0739 e. The first-order valence-electron chi connectivity index (χ1n) is 4.71. The second-order valence-corrected chi connectivity index (χ2v) is 2.97. The van der Waals surface area contributed by atoms with Gasteiger partial charge in [0.25, 0.3) is 0 Å². The summed E-state index contributed by atoms with van der Waals surface area (Å²) in [5, 5.41) is 0. The Bertz CT molecular complexity index is 49.5. The zero-order valence-electron chi connectivity index (χ0n) is 7.81. The van der Waals surface area contributed by atoms with E-state index >= 15 is 0 Å². The van der Waals surface area contributed by atoms with Crippen molar-refractivity contribution in [3.8, 4) is 0 Å². The third-order valence-electron chi connectivity index (χ3n) is 1.85. The highest BCUT2D eigenvalue weighted by molar-refractivity contribution is 4.43. The predicted octanol–water partition coefficient (Wildman–Crippen LogP) is 1.80. The molecule has 0 aromatic carbocycles. The van der Waals surface area contributed by atoms with Gasteiger partial charge < -0.3 is 11.2 Å². The van der Waals surface area contributed by atoms with Gasteiger partial charge in [0.2, 0.25) is 0 Å². The molecule has 0 rings (SSSR count). The number of hydrogen-bond donors (Lipinski definition) is 1. The van der Waals surface area contributed by atoms with Crippen LogP contribution in [0.25, 0.3) is 0 Å². The second kappa shape index (κ2) is 12.6. The van der Waals surface area contributed by atoms with E-state index in [-0.39, 0.29) is 5.48 Å². The van der Waals surface area contributed by atoms with E-state index < -0.39 is 0 Å². The molecular weight excluding hydrogens is 138 g/mol. The van der Waals surface area contributed by atoms with Gasteiger partial charge in [0.05, 0.1) is 6.54 Å². The van der Waals surface area contributed by atoms with E-state index in [9.17, 15) is 0 Å². The maximum atomic E-state index is 3.82. The van der Waals surface area contributed by atoms with Crippen LogP contribution in [-0.4, -0.2) is 12.0 Å². The molecule has 0 aromatic rings. The third kappa shape index (κ3) is 13.0. The molecule has 0 atom stereocenters. The minimum Gasteiger partial charge on any atom is -0.870 e. The molecule has 0 aliphatic heterocycles. The van der Waals surface area contributed by atoms with Crippen molar-refractivity contribution in [3.05, 3.63) is 0 Å². The van der Waals surface area contributed by atoms with Gasteiger partial charge in [-0.05, 0) is 12.8 Å².